The topological polar surface area (TPSA) is 104 Å². The van der Waals surface area contributed by atoms with Crippen molar-refractivity contribution in [3.8, 4) is 11.1 Å². The van der Waals surface area contributed by atoms with Crippen molar-refractivity contribution >= 4 is 23.7 Å². The summed E-state index contributed by atoms with van der Waals surface area (Å²) < 4.78 is 18.7. The van der Waals surface area contributed by atoms with Crippen LogP contribution in [-0.4, -0.2) is 27.4 Å². The molecule has 1 atom stereocenters. The largest absolute Gasteiger partial charge is 0.481 e. The number of carbonyl (C=O) groups excluding carboxylic acids is 1. The minimum absolute atomic E-state index is 0.188. The molecule has 0 spiro atoms. The highest BCUT2D eigenvalue weighted by Crippen LogP contribution is 2.37. The number of carboxylic acid groups (broad SMARTS) is 1. The predicted octanol–water partition coefficient (Wildman–Crippen LogP) is 6.61. The number of H-pyrrole nitrogens is 1. The number of hydrogen-bond acceptors (Lipinski definition) is 4. The summed E-state index contributed by atoms with van der Waals surface area (Å²) in [6, 6.07) is 12.3. The van der Waals surface area contributed by atoms with E-state index < -0.39 is 24.0 Å². The van der Waals surface area contributed by atoms with E-state index in [9.17, 15) is 14.0 Å². The van der Waals surface area contributed by atoms with Gasteiger partial charge >= 0.3 is 12.1 Å². The first-order valence-corrected chi connectivity index (χ1v) is 12.4. The van der Waals surface area contributed by atoms with Crippen LogP contribution in [0.5, 0.6) is 0 Å². The summed E-state index contributed by atoms with van der Waals surface area (Å²) in [5.41, 5.74) is 4.37. The van der Waals surface area contributed by atoms with E-state index >= 15 is 0 Å². The van der Waals surface area contributed by atoms with Crippen molar-refractivity contribution < 1.29 is 23.8 Å². The van der Waals surface area contributed by atoms with Crippen LogP contribution in [0.15, 0.2) is 48.7 Å². The second kappa shape index (κ2) is 11.6. The van der Waals surface area contributed by atoms with E-state index in [0.717, 1.165) is 42.5 Å². The van der Waals surface area contributed by atoms with Crippen LogP contribution in [0.4, 0.5) is 9.18 Å². The lowest BCUT2D eigenvalue weighted by Crippen LogP contribution is -2.25. The van der Waals surface area contributed by atoms with Gasteiger partial charge in [-0.15, -0.1) is 0 Å². The standard InChI is InChI=1S/C27H29ClFN3O4/c1-16(22-11-10-21(29)13-24(22)28)36-27(35)30-15-25-23(14-31-32-25)20-8-6-19(7-9-20)18-4-2-17(3-5-18)12-26(33)34/h6-11,13-14,16-18H,2-5,12,15H2,1H3,(H,30,35)(H,31,32)(H,33,34). The third-order valence-corrected chi connectivity index (χ3v) is 7.14. The number of amides is 1. The maximum absolute atomic E-state index is 13.3. The molecule has 1 aliphatic rings. The van der Waals surface area contributed by atoms with Gasteiger partial charge in [0, 0.05) is 17.5 Å². The Morgan fingerprint density at radius 3 is 2.58 bits per heavy atom. The molecule has 2 aromatic carbocycles. The van der Waals surface area contributed by atoms with Crippen LogP contribution in [0.25, 0.3) is 11.1 Å². The molecule has 0 aliphatic heterocycles. The van der Waals surface area contributed by atoms with E-state index in [-0.39, 0.29) is 23.9 Å². The summed E-state index contributed by atoms with van der Waals surface area (Å²) in [5.74, 6) is -0.445. The van der Waals surface area contributed by atoms with Crippen molar-refractivity contribution in [3.05, 3.63) is 76.3 Å². The third-order valence-electron chi connectivity index (χ3n) is 6.82. The number of rotatable bonds is 8. The molecule has 0 bridgehead atoms. The number of nitrogens with zero attached hydrogens (tertiary/aromatic N) is 1. The summed E-state index contributed by atoms with van der Waals surface area (Å²) in [6.07, 6.45) is 4.59. The van der Waals surface area contributed by atoms with Crippen molar-refractivity contribution in [2.75, 3.05) is 0 Å². The van der Waals surface area contributed by atoms with Gasteiger partial charge in [0.2, 0.25) is 0 Å². The third kappa shape index (κ3) is 6.43. The molecule has 1 amide bonds. The van der Waals surface area contributed by atoms with E-state index in [1.165, 1.54) is 23.8 Å². The van der Waals surface area contributed by atoms with E-state index in [1.807, 2.05) is 12.1 Å². The Hall–Kier alpha value is -3.39. The van der Waals surface area contributed by atoms with Crippen LogP contribution in [0.2, 0.25) is 5.02 Å². The monoisotopic (exact) mass is 513 g/mol. The average molecular weight is 514 g/mol. The number of alkyl carbamates (subject to hydrolysis) is 1. The van der Waals surface area contributed by atoms with Crippen molar-refractivity contribution in [1.29, 1.82) is 0 Å². The number of aliphatic carboxylic acids is 1. The van der Waals surface area contributed by atoms with Crippen LogP contribution in [-0.2, 0) is 16.1 Å². The Morgan fingerprint density at radius 1 is 1.19 bits per heavy atom. The lowest BCUT2D eigenvalue weighted by atomic mass is 9.77. The van der Waals surface area contributed by atoms with Gasteiger partial charge in [0.15, 0.2) is 0 Å². The Labute approximate surface area is 214 Å². The number of ether oxygens (including phenoxy) is 1. The summed E-state index contributed by atoms with van der Waals surface area (Å²) in [7, 11) is 0. The Balaban J connectivity index is 1.32. The average Bonchev–Trinajstić information content (AvgIpc) is 3.31. The van der Waals surface area contributed by atoms with Gasteiger partial charge in [-0.1, -0.05) is 41.9 Å². The summed E-state index contributed by atoms with van der Waals surface area (Å²) in [5, 5.41) is 19.0. The molecule has 1 unspecified atom stereocenters. The van der Waals surface area contributed by atoms with Gasteiger partial charge in [0.1, 0.15) is 11.9 Å². The number of aromatic nitrogens is 2. The molecule has 9 heteroatoms. The zero-order chi connectivity index (χ0) is 25.7. The van der Waals surface area contributed by atoms with Gasteiger partial charge in [-0.25, -0.2) is 9.18 Å². The maximum atomic E-state index is 13.3. The van der Waals surface area contributed by atoms with E-state index in [1.54, 1.807) is 13.1 Å². The van der Waals surface area contributed by atoms with Gasteiger partial charge in [-0.3, -0.25) is 9.89 Å². The Bertz CT molecular complexity index is 1210. The molecule has 0 saturated heterocycles. The van der Waals surface area contributed by atoms with Crippen molar-refractivity contribution in [1.82, 2.24) is 15.5 Å². The summed E-state index contributed by atoms with van der Waals surface area (Å²) >= 11 is 6.05. The van der Waals surface area contributed by atoms with Gasteiger partial charge < -0.3 is 15.2 Å². The molecule has 1 fully saturated rings. The van der Waals surface area contributed by atoms with Gasteiger partial charge in [-0.05, 0) is 67.7 Å². The molecular formula is C27H29ClFN3O4. The molecule has 4 rings (SSSR count). The van der Waals surface area contributed by atoms with Gasteiger partial charge in [0.25, 0.3) is 0 Å². The number of aromatic amines is 1. The number of benzene rings is 2. The van der Waals surface area contributed by atoms with Crippen molar-refractivity contribution in [2.24, 2.45) is 5.92 Å². The molecule has 3 N–H and O–H groups in total. The Morgan fingerprint density at radius 2 is 1.92 bits per heavy atom. The first-order valence-electron chi connectivity index (χ1n) is 12.0. The molecule has 1 saturated carbocycles. The zero-order valence-corrected chi connectivity index (χ0v) is 20.7. The number of halogens is 2. The van der Waals surface area contributed by atoms with Crippen LogP contribution in [0, 0.1) is 11.7 Å². The zero-order valence-electron chi connectivity index (χ0n) is 20.0. The minimum atomic E-state index is -0.715. The second-order valence-corrected chi connectivity index (χ2v) is 9.67. The lowest BCUT2D eigenvalue weighted by molar-refractivity contribution is -0.138. The SMILES string of the molecule is CC(OC(=O)NCc1[nH]ncc1-c1ccc(C2CCC(CC(=O)O)CC2)cc1)c1ccc(F)cc1Cl. The number of hydrogen-bond donors (Lipinski definition) is 3. The quantitative estimate of drug-likeness (QED) is 0.314. The van der Waals surface area contributed by atoms with Crippen LogP contribution < -0.4 is 5.32 Å². The van der Waals surface area contributed by atoms with Crippen LogP contribution in [0.1, 0.15) is 67.9 Å². The minimum Gasteiger partial charge on any atom is -0.481 e. The number of carboxylic acids is 1. The number of nitrogens with one attached hydrogen (secondary N) is 2. The maximum Gasteiger partial charge on any atom is 0.408 e. The van der Waals surface area contributed by atoms with Crippen LogP contribution in [0.3, 0.4) is 0 Å². The normalized spacial score (nSPS) is 18.4. The molecule has 1 aliphatic carbocycles. The Kier molecular flexibility index (Phi) is 8.25. The second-order valence-electron chi connectivity index (χ2n) is 9.27. The molecule has 1 aromatic heterocycles. The first kappa shape index (κ1) is 25.7. The summed E-state index contributed by atoms with van der Waals surface area (Å²) in [6.45, 7) is 1.86. The fourth-order valence-electron chi connectivity index (χ4n) is 4.84. The van der Waals surface area contributed by atoms with E-state index in [4.69, 9.17) is 21.4 Å². The van der Waals surface area contributed by atoms with Gasteiger partial charge in [0.05, 0.1) is 23.5 Å². The van der Waals surface area contributed by atoms with Crippen LogP contribution >= 0.6 is 11.6 Å². The molecule has 190 valence electrons. The molecule has 0 radical (unpaired) electrons. The molecule has 7 nitrogen and oxygen atoms in total. The highest BCUT2D eigenvalue weighted by atomic mass is 35.5. The molecular weight excluding hydrogens is 485 g/mol. The molecule has 3 aromatic rings. The first-order chi connectivity index (χ1) is 17.3. The lowest BCUT2D eigenvalue weighted by Gasteiger charge is -2.28. The highest BCUT2D eigenvalue weighted by molar-refractivity contribution is 6.31. The van der Waals surface area contributed by atoms with E-state index in [2.05, 4.69) is 27.6 Å². The van der Waals surface area contributed by atoms with E-state index in [0.29, 0.717) is 11.5 Å². The highest BCUT2D eigenvalue weighted by Gasteiger charge is 2.24. The van der Waals surface area contributed by atoms with Gasteiger partial charge in [-0.2, -0.15) is 5.10 Å². The fourth-order valence-corrected chi connectivity index (χ4v) is 5.16. The number of carbonyl (C=O) groups is 2. The smallest absolute Gasteiger partial charge is 0.408 e. The predicted molar refractivity (Wildman–Crippen MR) is 134 cm³/mol. The van der Waals surface area contributed by atoms with Crippen molar-refractivity contribution in [3.63, 3.8) is 0 Å². The fraction of sp³-hybridized carbons (Fsp3) is 0.370. The molecule has 1 heterocycles. The molecule has 36 heavy (non-hydrogen) atoms. The summed E-state index contributed by atoms with van der Waals surface area (Å²) in [4.78, 5) is 23.3. The van der Waals surface area contributed by atoms with Crippen molar-refractivity contribution in [2.45, 2.75) is 57.6 Å².